The molecule has 0 spiro atoms. The molecule has 2 N–H and O–H groups in total. The summed E-state index contributed by atoms with van der Waals surface area (Å²) in [7, 11) is 3.52. The van der Waals surface area contributed by atoms with E-state index in [1.807, 2.05) is 18.2 Å². The predicted molar refractivity (Wildman–Crippen MR) is 99.5 cm³/mol. The molecule has 0 aliphatic heterocycles. The van der Waals surface area contributed by atoms with E-state index in [0.29, 0.717) is 6.54 Å². The van der Waals surface area contributed by atoms with Crippen LogP contribution in [0.1, 0.15) is 26.5 Å². The number of furan rings is 1. The molecule has 5 nitrogen and oxygen atoms in total. The van der Waals surface area contributed by atoms with Gasteiger partial charge in [-0.2, -0.15) is 0 Å². The minimum Gasteiger partial charge on any atom is -0.461 e. The number of methoxy groups -OCH3 is 1. The molecule has 1 aromatic carbocycles. The standard InChI is InChI=1S/C19H29N3O2/c1-19(2,3)17(23-5)13-22-18(20-4)21-11-10-15-12-14-8-6-7-9-16(14)24-15/h6-9,12,17H,10-11,13H2,1-5H3,(H2,20,21,22). The van der Waals surface area contributed by atoms with Crippen molar-refractivity contribution in [2.45, 2.75) is 33.3 Å². The van der Waals surface area contributed by atoms with Gasteiger partial charge in [0.15, 0.2) is 5.96 Å². The van der Waals surface area contributed by atoms with E-state index in [-0.39, 0.29) is 11.5 Å². The van der Waals surface area contributed by atoms with Crippen LogP contribution in [0, 0.1) is 5.41 Å². The third kappa shape index (κ3) is 4.99. The van der Waals surface area contributed by atoms with Crippen molar-refractivity contribution in [2.24, 2.45) is 10.4 Å². The fraction of sp³-hybridized carbons (Fsp3) is 0.526. The van der Waals surface area contributed by atoms with Crippen LogP contribution in [0.25, 0.3) is 11.0 Å². The van der Waals surface area contributed by atoms with E-state index in [4.69, 9.17) is 9.15 Å². The molecule has 1 aromatic heterocycles. The molecule has 0 aliphatic rings. The van der Waals surface area contributed by atoms with Gasteiger partial charge in [-0.1, -0.05) is 39.0 Å². The summed E-state index contributed by atoms with van der Waals surface area (Å²) < 4.78 is 11.4. The third-order valence-corrected chi connectivity index (χ3v) is 4.07. The molecule has 0 saturated carbocycles. The minimum atomic E-state index is 0.0783. The maximum atomic E-state index is 5.82. The zero-order chi connectivity index (χ0) is 17.6. The molecule has 1 unspecified atom stereocenters. The van der Waals surface area contributed by atoms with Gasteiger partial charge in [0.1, 0.15) is 11.3 Å². The number of nitrogens with zero attached hydrogens (tertiary/aromatic N) is 1. The first-order chi connectivity index (χ1) is 11.4. The molecule has 132 valence electrons. The highest BCUT2D eigenvalue weighted by Gasteiger charge is 2.24. The quantitative estimate of drug-likeness (QED) is 0.630. The number of rotatable bonds is 6. The minimum absolute atomic E-state index is 0.0783. The Morgan fingerprint density at radius 3 is 2.62 bits per heavy atom. The Morgan fingerprint density at radius 2 is 2.00 bits per heavy atom. The van der Waals surface area contributed by atoms with Crippen LogP contribution in [0.4, 0.5) is 0 Å². The van der Waals surface area contributed by atoms with Gasteiger partial charge in [0.25, 0.3) is 0 Å². The topological polar surface area (TPSA) is 58.8 Å². The lowest BCUT2D eigenvalue weighted by Gasteiger charge is -2.30. The van der Waals surface area contributed by atoms with Crippen molar-refractivity contribution in [3.8, 4) is 0 Å². The molecule has 0 bridgehead atoms. The maximum Gasteiger partial charge on any atom is 0.191 e. The van der Waals surface area contributed by atoms with Crippen LogP contribution in [-0.4, -0.2) is 39.3 Å². The largest absolute Gasteiger partial charge is 0.461 e. The van der Waals surface area contributed by atoms with E-state index in [9.17, 15) is 0 Å². The molecular weight excluding hydrogens is 302 g/mol. The van der Waals surface area contributed by atoms with Crippen molar-refractivity contribution in [1.82, 2.24) is 10.6 Å². The van der Waals surface area contributed by atoms with Gasteiger partial charge in [0.2, 0.25) is 0 Å². The van der Waals surface area contributed by atoms with E-state index >= 15 is 0 Å². The first kappa shape index (κ1) is 18.3. The van der Waals surface area contributed by atoms with E-state index in [1.54, 1.807) is 14.2 Å². The summed E-state index contributed by atoms with van der Waals surface area (Å²) in [5.41, 5.74) is 1.01. The number of aliphatic imine (C=N–C) groups is 1. The SMILES string of the molecule is CN=C(NCCc1cc2ccccc2o1)NCC(OC)C(C)(C)C. The Kier molecular flexibility index (Phi) is 6.26. The zero-order valence-corrected chi connectivity index (χ0v) is 15.3. The second kappa shape index (κ2) is 8.20. The molecule has 1 atom stereocenters. The predicted octanol–water partition coefficient (Wildman–Crippen LogP) is 3.20. The molecule has 2 aromatic rings. The van der Waals surface area contributed by atoms with Gasteiger partial charge in [-0.25, -0.2) is 0 Å². The third-order valence-electron chi connectivity index (χ3n) is 4.07. The van der Waals surface area contributed by atoms with Gasteiger partial charge in [-0.05, 0) is 17.5 Å². The van der Waals surface area contributed by atoms with Gasteiger partial charge in [-0.15, -0.1) is 0 Å². The monoisotopic (exact) mass is 331 g/mol. The Morgan fingerprint density at radius 1 is 1.25 bits per heavy atom. The van der Waals surface area contributed by atoms with Gasteiger partial charge in [0.05, 0.1) is 6.10 Å². The summed E-state index contributed by atoms with van der Waals surface area (Å²) in [6.07, 6.45) is 0.925. The Bertz CT molecular complexity index is 638. The van der Waals surface area contributed by atoms with Crippen LogP contribution in [0.3, 0.4) is 0 Å². The normalized spacial score (nSPS) is 14.0. The van der Waals surface area contributed by atoms with Crippen LogP contribution < -0.4 is 10.6 Å². The Labute approximate surface area is 144 Å². The van der Waals surface area contributed by atoms with Crippen LogP contribution in [0.15, 0.2) is 39.7 Å². The highest BCUT2D eigenvalue weighted by atomic mass is 16.5. The number of fused-ring (bicyclic) bond motifs is 1. The highest BCUT2D eigenvalue weighted by molar-refractivity contribution is 5.80. The van der Waals surface area contributed by atoms with E-state index in [0.717, 1.165) is 35.7 Å². The smallest absolute Gasteiger partial charge is 0.191 e. The summed E-state index contributed by atoms with van der Waals surface area (Å²) in [4.78, 5) is 4.26. The number of hydrogen-bond acceptors (Lipinski definition) is 3. The van der Waals surface area contributed by atoms with Gasteiger partial charge in [-0.3, -0.25) is 4.99 Å². The summed E-state index contributed by atoms with van der Waals surface area (Å²) >= 11 is 0. The maximum absolute atomic E-state index is 5.82. The fourth-order valence-electron chi connectivity index (χ4n) is 2.62. The first-order valence-electron chi connectivity index (χ1n) is 8.39. The molecule has 0 aliphatic carbocycles. The van der Waals surface area contributed by atoms with E-state index < -0.39 is 0 Å². The molecule has 2 rings (SSSR count). The van der Waals surface area contributed by atoms with Crippen molar-refractivity contribution in [2.75, 3.05) is 27.2 Å². The molecule has 0 amide bonds. The lowest BCUT2D eigenvalue weighted by Crippen LogP contribution is -2.45. The van der Waals surface area contributed by atoms with Gasteiger partial charge in [0, 0.05) is 39.1 Å². The van der Waals surface area contributed by atoms with Crippen molar-refractivity contribution in [3.63, 3.8) is 0 Å². The molecule has 0 radical (unpaired) electrons. The molecule has 0 saturated heterocycles. The van der Waals surface area contributed by atoms with Crippen molar-refractivity contribution >= 4 is 16.9 Å². The zero-order valence-electron chi connectivity index (χ0n) is 15.3. The molecule has 5 heteroatoms. The molecule has 24 heavy (non-hydrogen) atoms. The van der Waals surface area contributed by atoms with Crippen LogP contribution >= 0.6 is 0 Å². The van der Waals surface area contributed by atoms with Gasteiger partial charge >= 0.3 is 0 Å². The molecular formula is C19H29N3O2. The number of ether oxygens (including phenoxy) is 1. The fourth-order valence-corrected chi connectivity index (χ4v) is 2.62. The lowest BCUT2D eigenvalue weighted by molar-refractivity contribution is 0.0205. The second-order valence-corrected chi connectivity index (χ2v) is 6.97. The number of benzene rings is 1. The average molecular weight is 331 g/mol. The number of hydrogen-bond donors (Lipinski definition) is 2. The van der Waals surface area contributed by atoms with E-state index in [2.05, 4.69) is 48.5 Å². The first-order valence-corrected chi connectivity index (χ1v) is 8.39. The van der Waals surface area contributed by atoms with Crippen molar-refractivity contribution in [1.29, 1.82) is 0 Å². The molecule has 0 fully saturated rings. The molecule has 1 heterocycles. The highest BCUT2D eigenvalue weighted by Crippen LogP contribution is 2.21. The van der Waals surface area contributed by atoms with Crippen LogP contribution in [0.2, 0.25) is 0 Å². The second-order valence-electron chi connectivity index (χ2n) is 6.97. The lowest BCUT2D eigenvalue weighted by atomic mass is 9.89. The number of nitrogens with one attached hydrogen (secondary N) is 2. The summed E-state index contributed by atoms with van der Waals surface area (Å²) in [5.74, 6) is 1.75. The number of guanidine groups is 1. The van der Waals surface area contributed by atoms with E-state index in [1.165, 1.54) is 0 Å². The van der Waals surface area contributed by atoms with Crippen molar-refractivity contribution in [3.05, 3.63) is 36.1 Å². The van der Waals surface area contributed by atoms with Crippen LogP contribution in [0.5, 0.6) is 0 Å². The summed E-state index contributed by atoms with van der Waals surface area (Å²) in [6.45, 7) is 7.97. The Hall–Kier alpha value is -2.01. The summed E-state index contributed by atoms with van der Waals surface area (Å²) in [5, 5.41) is 7.78. The van der Waals surface area contributed by atoms with Gasteiger partial charge < -0.3 is 19.8 Å². The number of para-hydroxylation sites is 1. The van der Waals surface area contributed by atoms with Crippen molar-refractivity contribution < 1.29 is 9.15 Å². The van der Waals surface area contributed by atoms with Crippen LogP contribution in [-0.2, 0) is 11.2 Å². The average Bonchev–Trinajstić information content (AvgIpc) is 2.95. The Balaban J connectivity index is 1.81. The summed E-state index contributed by atoms with van der Waals surface area (Å²) in [6, 6.07) is 10.2.